The number of aromatic nitrogens is 1. The fourth-order valence-corrected chi connectivity index (χ4v) is 3.26. The lowest BCUT2D eigenvalue weighted by Gasteiger charge is -2.22. The number of amides is 2. The third-order valence-corrected chi connectivity index (χ3v) is 4.86. The minimum Gasteiger partial charge on any atom is -0.452 e. The van der Waals surface area contributed by atoms with Crippen LogP contribution in [0.4, 0.5) is 10.1 Å². The Bertz CT molecular complexity index is 1130. The molecule has 0 saturated carbocycles. The SMILES string of the molecule is Cc1onc(-c2c(F)cccc2Cl)c1C(=O)OCC(=O)N(CCC(N)=O)c1ccccc1. The summed E-state index contributed by atoms with van der Waals surface area (Å²) in [5.41, 5.74) is 5.32. The minimum absolute atomic E-state index is 0.0120. The fraction of sp³-hybridized carbons (Fsp3) is 0.182. The molecule has 1 aromatic heterocycles. The van der Waals surface area contributed by atoms with Gasteiger partial charge < -0.3 is 19.9 Å². The van der Waals surface area contributed by atoms with Crippen LogP contribution in [0.3, 0.4) is 0 Å². The molecule has 8 nitrogen and oxygen atoms in total. The van der Waals surface area contributed by atoms with Gasteiger partial charge in [0.15, 0.2) is 6.61 Å². The van der Waals surface area contributed by atoms with Gasteiger partial charge in [0.25, 0.3) is 5.91 Å². The predicted molar refractivity (Wildman–Crippen MR) is 115 cm³/mol. The molecule has 3 rings (SSSR count). The van der Waals surface area contributed by atoms with Gasteiger partial charge in [-0.3, -0.25) is 9.59 Å². The zero-order valence-electron chi connectivity index (χ0n) is 17.0. The number of benzene rings is 2. The molecule has 0 aliphatic carbocycles. The lowest BCUT2D eigenvalue weighted by Crippen LogP contribution is -2.37. The summed E-state index contributed by atoms with van der Waals surface area (Å²) in [5, 5.41) is 3.77. The Morgan fingerprint density at radius 2 is 1.88 bits per heavy atom. The van der Waals surface area contributed by atoms with Crippen molar-refractivity contribution in [3.8, 4) is 11.3 Å². The van der Waals surface area contributed by atoms with E-state index in [1.54, 1.807) is 30.3 Å². The van der Waals surface area contributed by atoms with Crippen LogP contribution in [-0.2, 0) is 14.3 Å². The van der Waals surface area contributed by atoms with Crippen LogP contribution in [0.1, 0.15) is 22.5 Å². The quantitative estimate of drug-likeness (QED) is 0.515. The van der Waals surface area contributed by atoms with Crippen molar-refractivity contribution in [1.29, 1.82) is 0 Å². The van der Waals surface area contributed by atoms with Crippen LogP contribution in [0.5, 0.6) is 0 Å². The molecule has 0 saturated heterocycles. The lowest BCUT2D eigenvalue weighted by atomic mass is 10.1. The molecular formula is C22H19ClFN3O5. The summed E-state index contributed by atoms with van der Waals surface area (Å²) in [4.78, 5) is 38.0. The largest absolute Gasteiger partial charge is 0.452 e. The Morgan fingerprint density at radius 3 is 2.53 bits per heavy atom. The van der Waals surface area contributed by atoms with Gasteiger partial charge in [-0.1, -0.05) is 41.0 Å². The van der Waals surface area contributed by atoms with E-state index < -0.39 is 30.2 Å². The van der Waals surface area contributed by atoms with Gasteiger partial charge in [0.05, 0.1) is 10.6 Å². The summed E-state index contributed by atoms with van der Waals surface area (Å²) >= 11 is 6.07. The molecule has 32 heavy (non-hydrogen) atoms. The first-order valence-corrected chi connectivity index (χ1v) is 9.89. The van der Waals surface area contributed by atoms with E-state index in [2.05, 4.69) is 5.16 Å². The van der Waals surface area contributed by atoms with Gasteiger partial charge in [0.1, 0.15) is 22.8 Å². The standard InChI is InChI=1S/C22H19ClFN3O5/c1-13-19(21(26-32-13)20-15(23)8-5-9-16(20)24)22(30)31-12-18(29)27(11-10-17(25)28)14-6-3-2-4-7-14/h2-9H,10-12H2,1H3,(H2,25,28). The smallest absolute Gasteiger partial charge is 0.344 e. The predicted octanol–water partition coefficient (Wildman–Crippen LogP) is 3.51. The molecule has 0 radical (unpaired) electrons. The summed E-state index contributed by atoms with van der Waals surface area (Å²) < 4.78 is 24.5. The Balaban J connectivity index is 1.80. The van der Waals surface area contributed by atoms with E-state index >= 15 is 0 Å². The zero-order chi connectivity index (χ0) is 23.3. The van der Waals surface area contributed by atoms with Gasteiger partial charge in [0, 0.05) is 18.7 Å². The molecule has 0 bridgehead atoms. The van der Waals surface area contributed by atoms with E-state index in [9.17, 15) is 18.8 Å². The van der Waals surface area contributed by atoms with Gasteiger partial charge in [-0.25, -0.2) is 9.18 Å². The van der Waals surface area contributed by atoms with E-state index in [1.165, 1.54) is 30.0 Å². The molecule has 3 aromatic rings. The molecule has 0 aliphatic rings. The van der Waals surface area contributed by atoms with Crippen molar-refractivity contribution in [1.82, 2.24) is 5.16 Å². The third-order valence-electron chi connectivity index (χ3n) is 4.54. The summed E-state index contributed by atoms with van der Waals surface area (Å²) in [7, 11) is 0. The summed E-state index contributed by atoms with van der Waals surface area (Å²) in [6, 6.07) is 12.6. The number of anilines is 1. The van der Waals surface area contributed by atoms with E-state index in [4.69, 9.17) is 26.6 Å². The molecular weight excluding hydrogens is 441 g/mol. The first-order chi connectivity index (χ1) is 15.3. The van der Waals surface area contributed by atoms with Crippen LogP contribution in [-0.4, -0.2) is 36.1 Å². The zero-order valence-corrected chi connectivity index (χ0v) is 17.8. The van der Waals surface area contributed by atoms with Gasteiger partial charge in [0.2, 0.25) is 5.91 Å². The van der Waals surface area contributed by atoms with Crippen molar-refractivity contribution in [3.05, 3.63) is 70.7 Å². The van der Waals surface area contributed by atoms with Crippen LogP contribution >= 0.6 is 11.6 Å². The van der Waals surface area contributed by atoms with Gasteiger partial charge in [-0.05, 0) is 31.2 Å². The highest BCUT2D eigenvalue weighted by molar-refractivity contribution is 6.33. The highest BCUT2D eigenvalue weighted by atomic mass is 35.5. The van der Waals surface area contributed by atoms with Crippen LogP contribution in [0, 0.1) is 12.7 Å². The van der Waals surface area contributed by atoms with Crippen molar-refractivity contribution in [2.45, 2.75) is 13.3 Å². The number of ether oxygens (including phenoxy) is 1. The number of nitrogens with two attached hydrogens (primary N) is 1. The second-order valence-corrected chi connectivity index (χ2v) is 7.14. The maximum absolute atomic E-state index is 14.3. The van der Waals surface area contributed by atoms with Crippen LogP contribution in [0.2, 0.25) is 5.02 Å². The molecule has 0 aliphatic heterocycles. The lowest BCUT2D eigenvalue weighted by molar-refractivity contribution is -0.121. The highest BCUT2D eigenvalue weighted by Gasteiger charge is 2.27. The summed E-state index contributed by atoms with van der Waals surface area (Å²) in [5.74, 6) is -2.72. The number of aryl methyl sites for hydroxylation is 1. The maximum Gasteiger partial charge on any atom is 0.344 e. The normalized spacial score (nSPS) is 10.6. The number of hydrogen-bond acceptors (Lipinski definition) is 6. The number of nitrogens with zero attached hydrogens (tertiary/aromatic N) is 2. The fourth-order valence-electron chi connectivity index (χ4n) is 3.01. The number of halogens is 2. The molecule has 0 spiro atoms. The van der Waals surface area contributed by atoms with Crippen LogP contribution in [0.25, 0.3) is 11.3 Å². The summed E-state index contributed by atoms with van der Waals surface area (Å²) in [6.07, 6.45) is -0.0741. The molecule has 10 heteroatoms. The van der Waals surface area contributed by atoms with Crippen molar-refractivity contribution in [3.63, 3.8) is 0 Å². The number of para-hydroxylation sites is 1. The second-order valence-electron chi connectivity index (χ2n) is 6.73. The topological polar surface area (TPSA) is 116 Å². The number of carbonyl (C=O) groups is 3. The Labute approximate surface area is 187 Å². The Hall–Kier alpha value is -3.72. The number of primary amides is 1. The third kappa shape index (κ3) is 5.12. The number of hydrogen-bond donors (Lipinski definition) is 1. The van der Waals surface area contributed by atoms with Crippen molar-refractivity contribution >= 4 is 35.1 Å². The van der Waals surface area contributed by atoms with Gasteiger partial charge in [-0.15, -0.1) is 0 Å². The average Bonchev–Trinajstić information content (AvgIpc) is 3.13. The molecule has 166 valence electrons. The van der Waals surface area contributed by atoms with Crippen molar-refractivity contribution in [2.75, 3.05) is 18.1 Å². The minimum atomic E-state index is -0.936. The monoisotopic (exact) mass is 459 g/mol. The molecule has 2 amide bonds. The highest BCUT2D eigenvalue weighted by Crippen LogP contribution is 2.33. The van der Waals surface area contributed by atoms with E-state index in [0.29, 0.717) is 5.69 Å². The average molecular weight is 460 g/mol. The molecule has 0 atom stereocenters. The first kappa shape index (κ1) is 23.0. The maximum atomic E-state index is 14.3. The number of carbonyl (C=O) groups excluding carboxylic acids is 3. The molecule has 0 unspecified atom stereocenters. The van der Waals surface area contributed by atoms with E-state index in [0.717, 1.165) is 0 Å². The molecule has 2 N–H and O–H groups in total. The molecule has 0 fully saturated rings. The van der Waals surface area contributed by atoms with Gasteiger partial charge >= 0.3 is 5.97 Å². The van der Waals surface area contributed by atoms with Crippen LogP contribution < -0.4 is 10.6 Å². The first-order valence-electron chi connectivity index (χ1n) is 9.51. The van der Waals surface area contributed by atoms with Crippen molar-refractivity contribution in [2.24, 2.45) is 5.73 Å². The Morgan fingerprint density at radius 1 is 1.16 bits per heavy atom. The van der Waals surface area contributed by atoms with Gasteiger partial charge in [-0.2, -0.15) is 0 Å². The summed E-state index contributed by atoms with van der Waals surface area (Å²) in [6.45, 7) is 0.826. The number of esters is 1. The van der Waals surface area contributed by atoms with E-state index in [-0.39, 0.29) is 40.6 Å². The number of rotatable bonds is 8. The van der Waals surface area contributed by atoms with Crippen molar-refractivity contribution < 1.29 is 28.0 Å². The Kier molecular flexibility index (Phi) is 7.21. The molecule has 1 heterocycles. The van der Waals surface area contributed by atoms with E-state index in [1.807, 2.05) is 0 Å². The molecule has 2 aromatic carbocycles. The second kappa shape index (κ2) is 10.1. The van der Waals surface area contributed by atoms with Crippen LogP contribution in [0.15, 0.2) is 53.1 Å².